The van der Waals surface area contributed by atoms with Gasteiger partial charge in [-0.25, -0.2) is 31.6 Å². The maximum atomic E-state index is 13.2. The number of hydrogen-bond acceptors (Lipinski definition) is 5. The van der Waals surface area contributed by atoms with Crippen molar-refractivity contribution in [3.63, 3.8) is 0 Å². The largest absolute Gasteiger partial charge is 0.319 e. The molecule has 0 atom stereocenters. The quantitative estimate of drug-likeness (QED) is 0.418. The zero-order valence-electron chi connectivity index (χ0n) is 17.9. The maximum Gasteiger partial charge on any atom is 0.295 e. The standard InChI is InChI=1S/C23H19F2N5O3S/c1-15-27-22(29-30(15)20-10-6-18(25)7-11-20)23(31)28-19-8-12-21(13-9-19)34(32,33)26-14-16-2-4-17(24)5-3-16/h2-13,26H,14H2,1H3,(H,28,31). The van der Waals surface area contributed by atoms with Crippen molar-refractivity contribution in [3.8, 4) is 5.69 Å². The van der Waals surface area contributed by atoms with Gasteiger partial charge in [0.1, 0.15) is 17.5 Å². The Morgan fingerprint density at radius 2 is 1.50 bits per heavy atom. The predicted molar refractivity (Wildman–Crippen MR) is 121 cm³/mol. The Labute approximate surface area is 194 Å². The van der Waals surface area contributed by atoms with Crippen LogP contribution in [0.2, 0.25) is 0 Å². The first-order chi connectivity index (χ1) is 16.2. The van der Waals surface area contributed by atoms with Crippen molar-refractivity contribution >= 4 is 21.6 Å². The minimum absolute atomic E-state index is 0.00201. The van der Waals surface area contributed by atoms with Crippen LogP contribution >= 0.6 is 0 Å². The number of aryl methyl sites for hydroxylation is 1. The van der Waals surface area contributed by atoms with E-state index in [1.54, 1.807) is 6.92 Å². The van der Waals surface area contributed by atoms with Crippen LogP contribution < -0.4 is 10.0 Å². The SMILES string of the molecule is Cc1nc(C(=O)Nc2ccc(S(=O)(=O)NCc3ccc(F)cc3)cc2)nn1-c1ccc(F)cc1. The zero-order valence-corrected chi connectivity index (χ0v) is 18.7. The van der Waals surface area contributed by atoms with Gasteiger partial charge in [0.15, 0.2) is 0 Å². The van der Waals surface area contributed by atoms with Gasteiger partial charge in [0.25, 0.3) is 5.91 Å². The fourth-order valence-electron chi connectivity index (χ4n) is 3.08. The van der Waals surface area contributed by atoms with E-state index in [2.05, 4.69) is 20.1 Å². The summed E-state index contributed by atoms with van der Waals surface area (Å²) >= 11 is 0. The summed E-state index contributed by atoms with van der Waals surface area (Å²) in [6, 6.07) is 16.6. The molecule has 2 N–H and O–H groups in total. The summed E-state index contributed by atoms with van der Waals surface area (Å²) in [5.74, 6) is -1.05. The van der Waals surface area contributed by atoms with E-state index >= 15 is 0 Å². The van der Waals surface area contributed by atoms with Crippen molar-refractivity contribution in [1.82, 2.24) is 19.5 Å². The molecular weight excluding hydrogens is 464 g/mol. The molecule has 0 aliphatic heterocycles. The minimum atomic E-state index is -3.81. The summed E-state index contributed by atoms with van der Waals surface area (Å²) in [5.41, 5.74) is 1.50. The summed E-state index contributed by atoms with van der Waals surface area (Å²) in [7, 11) is -3.81. The molecule has 4 rings (SSSR count). The molecule has 4 aromatic rings. The summed E-state index contributed by atoms with van der Waals surface area (Å²) in [6.45, 7) is 1.66. The van der Waals surface area contributed by atoms with Gasteiger partial charge in [-0.15, -0.1) is 5.10 Å². The number of carbonyl (C=O) groups is 1. The summed E-state index contributed by atoms with van der Waals surface area (Å²) in [5, 5.41) is 6.78. The second-order valence-corrected chi connectivity index (χ2v) is 9.07. The monoisotopic (exact) mass is 483 g/mol. The molecule has 8 nitrogen and oxygen atoms in total. The molecule has 0 spiro atoms. The van der Waals surface area contributed by atoms with E-state index < -0.39 is 27.6 Å². The van der Waals surface area contributed by atoms with E-state index in [1.807, 2.05) is 0 Å². The van der Waals surface area contributed by atoms with Crippen LogP contribution in [-0.2, 0) is 16.6 Å². The molecule has 174 valence electrons. The Kier molecular flexibility index (Phi) is 6.48. The third-order valence-corrected chi connectivity index (χ3v) is 6.26. The minimum Gasteiger partial charge on any atom is -0.319 e. The van der Waals surface area contributed by atoms with E-state index in [1.165, 1.54) is 77.5 Å². The van der Waals surface area contributed by atoms with Gasteiger partial charge in [0.2, 0.25) is 15.8 Å². The Balaban J connectivity index is 1.42. The molecule has 0 radical (unpaired) electrons. The van der Waals surface area contributed by atoms with Gasteiger partial charge >= 0.3 is 0 Å². The molecule has 0 unspecified atom stereocenters. The lowest BCUT2D eigenvalue weighted by atomic mass is 10.2. The molecule has 3 aromatic carbocycles. The molecule has 1 amide bonds. The normalized spacial score (nSPS) is 11.4. The number of aromatic nitrogens is 3. The molecule has 0 aliphatic rings. The highest BCUT2D eigenvalue weighted by Crippen LogP contribution is 2.16. The Morgan fingerprint density at radius 1 is 0.912 bits per heavy atom. The smallest absolute Gasteiger partial charge is 0.295 e. The predicted octanol–water partition coefficient (Wildman–Crippen LogP) is 3.58. The highest BCUT2D eigenvalue weighted by molar-refractivity contribution is 7.89. The highest BCUT2D eigenvalue weighted by Gasteiger charge is 2.17. The van der Waals surface area contributed by atoms with Gasteiger partial charge in [0, 0.05) is 12.2 Å². The van der Waals surface area contributed by atoms with E-state index in [-0.39, 0.29) is 17.3 Å². The van der Waals surface area contributed by atoms with Crippen molar-refractivity contribution in [2.24, 2.45) is 0 Å². The summed E-state index contributed by atoms with van der Waals surface area (Å²) in [4.78, 5) is 16.7. The number of hydrogen-bond donors (Lipinski definition) is 2. The molecule has 0 aliphatic carbocycles. The van der Waals surface area contributed by atoms with Gasteiger partial charge in [-0.05, 0) is 73.2 Å². The van der Waals surface area contributed by atoms with Crippen LogP contribution in [0.4, 0.5) is 14.5 Å². The Morgan fingerprint density at radius 3 is 2.12 bits per heavy atom. The van der Waals surface area contributed by atoms with Crippen LogP contribution in [0, 0.1) is 18.6 Å². The molecule has 34 heavy (non-hydrogen) atoms. The van der Waals surface area contributed by atoms with Crippen molar-refractivity contribution in [2.45, 2.75) is 18.4 Å². The molecule has 11 heteroatoms. The van der Waals surface area contributed by atoms with Crippen LogP contribution in [0.15, 0.2) is 77.7 Å². The van der Waals surface area contributed by atoms with Crippen molar-refractivity contribution in [1.29, 1.82) is 0 Å². The second kappa shape index (κ2) is 9.49. The lowest BCUT2D eigenvalue weighted by Gasteiger charge is -2.08. The molecule has 0 saturated carbocycles. The fraction of sp³-hybridized carbons (Fsp3) is 0.0870. The van der Waals surface area contributed by atoms with Crippen molar-refractivity contribution in [3.05, 3.63) is 102 Å². The Bertz CT molecular complexity index is 1420. The number of amides is 1. The van der Waals surface area contributed by atoms with Crippen LogP contribution in [-0.4, -0.2) is 29.1 Å². The van der Waals surface area contributed by atoms with E-state index in [0.29, 0.717) is 22.8 Å². The number of rotatable bonds is 7. The molecule has 1 heterocycles. The van der Waals surface area contributed by atoms with Crippen LogP contribution in [0.5, 0.6) is 0 Å². The number of halogens is 2. The van der Waals surface area contributed by atoms with Crippen LogP contribution in [0.25, 0.3) is 5.69 Å². The highest BCUT2D eigenvalue weighted by atomic mass is 32.2. The van der Waals surface area contributed by atoms with Gasteiger partial charge in [0.05, 0.1) is 10.6 Å². The zero-order chi connectivity index (χ0) is 24.3. The number of carbonyl (C=O) groups excluding carboxylic acids is 1. The Hall–Kier alpha value is -3.96. The van der Waals surface area contributed by atoms with E-state index in [9.17, 15) is 22.0 Å². The average molecular weight is 484 g/mol. The fourth-order valence-corrected chi connectivity index (χ4v) is 4.10. The van der Waals surface area contributed by atoms with Gasteiger partial charge in [-0.3, -0.25) is 4.79 Å². The van der Waals surface area contributed by atoms with E-state index in [4.69, 9.17) is 0 Å². The molecule has 0 saturated heterocycles. The summed E-state index contributed by atoms with van der Waals surface area (Å²) < 4.78 is 55.0. The first-order valence-corrected chi connectivity index (χ1v) is 11.5. The van der Waals surface area contributed by atoms with Gasteiger partial charge in [-0.1, -0.05) is 12.1 Å². The number of sulfonamides is 1. The number of nitrogens with zero attached hydrogens (tertiary/aromatic N) is 3. The van der Waals surface area contributed by atoms with E-state index in [0.717, 1.165) is 0 Å². The molecule has 0 fully saturated rings. The topological polar surface area (TPSA) is 106 Å². The lowest BCUT2D eigenvalue weighted by Crippen LogP contribution is -2.23. The van der Waals surface area contributed by atoms with Gasteiger partial charge < -0.3 is 5.32 Å². The first-order valence-electron chi connectivity index (χ1n) is 10.1. The summed E-state index contributed by atoms with van der Waals surface area (Å²) in [6.07, 6.45) is 0. The third kappa shape index (κ3) is 5.33. The van der Waals surface area contributed by atoms with Crippen molar-refractivity contribution in [2.75, 3.05) is 5.32 Å². The lowest BCUT2D eigenvalue weighted by molar-refractivity contribution is 0.101. The molecule has 0 bridgehead atoms. The molecule has 1 aromatic heterocycles. The average Bonchev–Trinajstić information content (AvgIpc) is 3.21. The van der Waals surface area contributed by atoms with Crippen LogP contribution in [0.3, 0.4) is 0 Å². The maximum absolute atomic E-state index is 13.2. The van der Waals surface area contributed by atoms with Crippen molar-refractivity contribution < 1.29 is 22.0 Å². The third-order valence-electron chi connectivity index (χ3n) is 4.85. The molecular formula is C23H19F2N5O3S. The second-order valence-electron chi connectivity index (χ2n) is 7.30. The number of benzene rings is 3. The number of nitrogens with one attached hydrogen (secondary N) is 2. The number of anilines is 1. The van der Waals surface area contributed by atoms with Gasteiger partial charge in [-0.2, -0.15) is 0 Å². The first kappa shape index (κ1) is 23.2. The van der Waals surface area contributed by atoms with Crippen LogP contribution in [0.1, 0.15) is 22.0 Å².